The number of carbonyl (C=O) groups is 4. The zero-order chi connectivity index (χ0) is 34.5. The van der Waals surface area contributed by atoms with Crippen LogP contribution in [0.5, 0.6) is 0 Å². The van der Waals surface area contributed by atoms with E-state index in [9.17, 15) is 19.2 Å². The molecule has 0 aliphatic rings. The monoisotopic (exact) mass is 682 g/mol. The van der Waals surface area contributed by atoms with Gasteiger partial charge in [0, 0.05) is 34.6 Å². The summed E-state index contributed by atoms with van der Waals surface area (Å²) in [5.41, 5.74) is 0.896. The summed E-state index contributed by atoms with van der Waals surface area (Å²) in [5.74, 6) is -1.16. The van der Waals surface area contributed by atoms with Crippen molar-refractivity contribution in [2.24, 2.45) is 0 Å². The zero-order valence-electron chi connectivity index (χ0n) is 28.3. The summed E-state index contributed by atoms with van der Waals surface area (Å²) in [7, 11) is 0. The lowest BCUT2D eigenvalue weighted by Crippen LogP contribution is -2.36. The molecule has 7 nitrogen and oxygen atoms in total. The molecule has 0 saturated carbocycles. The molecule has 3 rings (SSSR count). The van der Waals surface area contributed by atoms with Gasteiger partial charge in [0.05, 0.1) is 19.3 Å². The fourth-order valence-electron chi connectivity index (χ4n) is 4.49. The first kappa shape index (κ1) is 44.0. The highest BCUT2D eigenvalue weighted by molar-refractivity contribution is 6.31. The summed E-state index contributed by atoms with van der Waals surface area (Å²) in [4.78, 5) is 47.3. The van der Waals surface area contributed by atoms with Crippen molar-refractivity contribution in [3.63, 3.8) is 0 Å². The summed E-state index contributed by atoms with van der Waals surface area (Å²) < 4.78 is 16.6. The van der Waals surface area contributed by atoms with Crippen molar-refractivity contribution in [1.82, 2.24) is 0 Å². The van der Waals surface area contributed by atoms with Crippen LogP contribution in [0.25, 0.3) is 0 Å². The smallest absolute Gasteiger partial charge is 0.307 e. The number of ketones is 1. The van der Waals surface area contributed by atoms with Gasteiger partial charge < -0.3 is 14.2 Å². The minimum absolute atomic E-state index is 0. The Kier molecular flexibility index (Phi) is 18.1. The number of ether oxygens (including phenoxy) is 3. The van der Waals surface area contributed by atoms with Crippen molar-refractivity contribution in [2.45, 2.75) is 119 Å². The summed E-state index contributed by atoms with van der Waals surface area (Å²) in [6, 6.07) is 24.6. The number of esters is 3. The van der Waals surface area contributed by atoms with Gasteiger partial charge in [0.2, 0.25) is 0 Å². The van der Waals surface area contributed by atoms with Gasteiger partial charge in [0.25, 0.3) is 0 Å². The van der Waals surface area contributed by atoms with Crippen LogP contribution in [0.15, 0.2) is 78.9 Å². The van der Waals surface area contributed by atoms with Crippen molar-refractivity contribution in [3.8, 4) is 0 Å². The van der Waals surface area contributed by atoms with Gasteiger partial charge in [-0.1, -0.05) is 112 Å². The quantitative estimate of drug-likeness (QED) is 0.113. The van der Waals surface area contributed by atoms with Gasteiger partial charge in [-0.3, -0.25) is 19.2 Å². The summed E-state index contributed by atoms with van der Waals surface area (Å²) in [6.45, 7) is 14.6. The maximum absolute atomic E-state index is 13.2. The van der Waals surface area contributed by atoms with E-state index in [1.807, 2.05) is 100 Å². The van der Waals surface area contributed by atoms with E-state index < -0.39 is 28.7 Å². The molecule has 1 unspecified atom stereocenters. The zero-order valence-corrected chi connectivity index (χ0v) is 29.0. The van der Waals surface area contributed by atoms with Crippen molar-refractivity contribution in [2.75, 3.05) is 0 Å². The Balaban J connectivity index is 0.00000126. The maximum Gasteiger partial charge on any atom is 0.307 e. The van der Waals surface area contributed by atoms with Gasteiger partial charge >= 0.3 is 17.9 Å². The number of carbonyl (C=O) groups excluding carboxylic acids is 4. The molecule has 1 atom stereocenters. The van der Waals surface area contributed by atoms with Crippen LogP contribution in [0.3, 0.4) is 0 Å². The van der Waals surface area contributed by atoms with E-state index in [1.165, 1.54) is 0 Å². The number of halogens is 1. The van der Waals surface area contributed by atoms with Gasteiger partial charge in [0.15, 0.2) is 5.60 Å². The molecule has 3 aromatic rings. The molecule has 0 bridgehead atoms. The topological polar surface area (TPSA) is 96.0 Å². The minimum atomic E-state index is -1.28. The van der Waals surface area contributed by atoms with E-state index in [2.05, 4.69) is 0 Å². The van der Waals surface area contributed by atoms with E-state index >= 15 is 0 Å². The predicted octanol–water partition coefficient (Wildman–Crippen LogP) is 9.97. The van der Waals surface area contributed by atoms with Crippen molar-refractivity contribution in [1.29, 1.82) is 0 Å². The molecule has 0 N–H and O–H groups in total. The van der Waals surface area contributed by atoms with Gasteiger partial charge in [-0.2, -0.15) is 0 Å². The van der Waals surface area contributed by atoms with Gasteiger partial charge in [-0.25, -0.2) is 0 Å². The van der Waals surface area contributed by atoms with Gasteiger partial charge in [0.1, 0.15) is 17.0 Å². The fourth-order valence-corrected chi connectivity index (χ4v) is 4.76. The van der Waals surface area contributed by atoms with Crippen molar-refractivity contribution >= 4 is 35.3 Å². The lowest BCUT2D eigenvalue weighted by molar-refractivity contribution is -0.161. The molecule has 0 aliphatic carbocycles. The third kappa shape index (κ3) is 14.4. The summed E-state index contributed by atoms with van der Waals surface area (Å²) >= 11 is 6.66. The second-order valence-electron chi connectivity index (χ2n) is 12.9. The first-order chi connectivity index (χ1) is 21.5. The molecule has 0 aliphatic heterocycles. The molecule has 0 fully saturated rings. The first-order valence-corrected chi connectivity index (χ1v) is 15.9. The third-order valence-electron chi connectivity index (χ3n) is 6.53. The summed E-state index contributed by atoms with van der Waals surface area (Å²) in [6.07, 6.45) is 0.801. The second-order valence-corrected chi connectivity index (χ2v) is 13.3. The molecule has 264 valence electrons. The molecule has 0 aromatic heterocycles. The maximum atomic E-state index is 13.2. The second kappa shape index (κ2) is 19.8. The Morgan fingerprint density at radius 1 is 0.583 bits per heavy atom. The number of benzene rings is 3. The highest BCUT2D eigenvalue weighted by Crippen LogP contribution is 2.43. The molecule has 0 amide bonds. The van der Waals surface area contributed by atoms with E-state index in [1.54, 1.807) is 33.8 Å². The molecule has 0 heterocycles. The average Bonchev–Trinajstić information content (AvgIpc) is 2.97. The molecule has 0 spiro atoms. The highest BCUT2D eigenvalue weighted by Gasteiger charge is 2.42. The van der Waals surface area contributed by atoms with Crippen LogP contribution in [-0.2, 0) is 39.0 Å². The molecular weight excluding hydrogens is 628 g/mol. The molecule has 3 aromatic carbocycles. The Bertz CT molecular complexity index is 1450. The minimum Gasteiger partial charge on any atom is -0.460 e. The van der Waals surface area contributed by atoms with Crippen molar-refractivity contribution in [3.05, 3.63) is 106 Å². The predicted molar refractivity (Wildman–Crippen MR) is 194 cm³/mol. The van der Waals surface area contributed by atoms with Crippen molar-refractivity contribution < 1.29 is 33.4 Å². The van der Waals surface area contributed by atoms with E-state index in [4.69, 9.17) is 25.8 Å². The van der Waals surface area contributed by atoms with Crippen LogP contribution >= 0.6 is 11.6 Å². The number of aryl methyl sites for hydroxylation is 1. The van der Waals surface area contributed by atoms with E-state index in [-0.39, 0.29) is 45.9 Å². The molecular formula is C40H55ClO7. The standard InChI is InChI=1S/C28H29ClO4.C10H18O3.2CH4/c1-20-14-16-22(17-15-20)28(21-10-6-5-7-11-21,23-12-8-9-13-24(23)29)33-26(31)19-18-25(30)32-27(2,3)4;1-5-8(11)6-7-9(12)13-10(2,3)4;;/h5-17H,18-19H2,1-4H3;5-7H2,1-4H3;2*1H4. The Labute approximate surface area is 293 Å². The SMILES string of the molecule is C.C.CCC(=O)CCC(=O)OC(C)(C)C.Cc1ccc(C(OC(=O)CCC(=O)OC(C)(C)C)(c2ccccc2)c2ccccc2Cl)cc1. The highest BCUT2D eigenvalue weighted by atomic mass is 35.5. The Hall–Kier alpha value is -3.97. The van der Waals surface area contributed by atoms with Crippen LogP contribution in [0, 0.1) is 6.92 Å². The average molecular weight is 683 g/mol. The Morgan fingerprint density at radius 2 is 1.00 bits per heavy atom. The number of Topliss-reactive ketones (excluding diaryl/α,β-unsaturated/α-hetero) is 1. The van der Waals surface area contributed by atoms with Gasteiger partial charge in [-0.15, -0.1) is 0 Å². The van der Waals surface area contributed by atoms with Crippen LogP contribution in [0.2, 0.25) is 5.02 Å². The lowest BCUT2D eigenvalue weighted by atomic mass is 9.79. The fraction of sp³-hybridized carbons (Fsp3) is 0.450. The largest absolute Gasteiger partial charge is 0.460 e. The number of rotatable bonds is 11. The molecule has 0 saturated heterocycles. The van der Waals surface area contributed by atoms with E-state index in [0.29, 0.717) is 23.4 Å². The lowest BCUT2D eigenvalue weighted by Gasteiger charge is -2.36. The van der Waals surface area contributed by atoms with Crippen LogP contribution in [0.1, 0.15) is 118 Å². The van der Waals surface area contributed by atoms with Crippen LogP contribution in [-0.4, -0.2) is 34.9 Å². The Morgan fingerprint density at radius 3 is 1.46 bits per heavy atom. The van der Waals surface area contributed by atoms with Crippen LogP contribution < -0.4 is 0 Å². The molecule has 0 radical (unpaired) electrons. The normalized spacial score (nSPS) is 12.0. The first-order valence-electron chi connectivity index (χ1n) is 15.5. The number of hydrogen-bond acceptors (Lipinski definition) is 7. The van der Waals surface area contributed by atoms with E-state index in [0.717, 1.165) is 16.7 Å². The van der Waals surface area contributed by atoms with Gasteiger partial charge in [-0.05, 0) is 54.5 Å². The van der Waals surface area contributed by atoms with Crippen LogP contribution in [0.4, 0.5) is 0 Å². The third-order valence-corrected chi connectivity index (χ3v) is 6.86. The molecule has 48 heavy (non-hydrogen) atoms. The molecule has 8 heteroatoms. The summed E-state index contributed by atoms with van der Waals surface area (Å²) in [5, 5.41) is 0.474. The number of hydrogen-bond donors (Lipinski definition) is 0.